The monoisotopic (exact) mass is 113 g/mol. The van der Waals surface area contributed by atoms with Gasteiger partial charge in [0, 0.05) is 18.6 Å². The molecule has 3 atom stereocenters. The maximum Gasteiger partial charge on any atom is 0.0633 e. The molecule has 0 aromatic heterocycles. The molecule has 0 radical (unpaired) electrons. The van der Waals surface area contributed by atoms with Crippen LogP contribution in [0.15, 0.2) is 0 Å². The molecule has 2 nitrogen and oxygen atoms in total. The maximum absolute atomic E-state index is 5.68. The first-order valence-corrected chi connectivity index (χ1v) is 3.25. The summed E-state index contributed by atoms with van der Waals surface area (Å²) in [7, 11) is 0. The fourth-order valence-electron chi connectivity index (χ4n) is 1.64. The quantitative estimate of drug-likeness (QED) is 0.484. The molecule has 2 aliphatic rings. The standard InChI is InChI=1S/C6H11NO/c7-5-3-6-4(5)1-2-8-6/h4-6H,1-3,7H2/t4-,5-,6+/m0/s1. The molecule has 1 aliphatic heterocycles. The third-order valence-corrected chi connectivity index (χ3v) is 2.32. The van der Waals surface area contributed by atoms with Gasteiger partial charge in [0.15, 0.2) is 0 Å². The van der Waals surface area contributed by atoms with E-state index in [-0.39, 0.29) is 0 Å². The van der Waals surface area contributed by atoms with Gasteiger partial charge in [-0.3, -0.25) is 0 Å². The van der Waals surface area contributed by atoms with Crippen LogP contribution in [0.5, 0.6) is 0 Å². The van der Waals surface area contributed by atoms with Gasteiger partial charge in [-0.05, 0) is 12.8 Å². The molecule has 0 aromatic carbocycles. The Morgan fingerprint density at radius 3 is 2.88 bits per heavy atom. The Labute approximate surface area is 49.0 Å². The molecule has 0 bridgehead atoms. The summed E-state index contributed by atoms with van der Waals surface area (Å²) in [6.07, 6.45) is 2.85. The summed E-state index contributed by atoms with van der Waals surface area (Å²) in [4.78, 5) is 0. The largest absolute Gasteiger partial charge is 0.378 e. The van der Waals surface area contributed by atoms with E-state index in [2.05, 4.69) is 0 Å². The van der Waals surface area contributed by atoms with E-state index >= 15 is 0 Å². The van der Waals surface area contributed by atoms with Crippen molar-refractivity contribution in [3.63, 3.8) is 0 Å². The molecule has 1 heterocycles. The Bertz CT molecular complexity index is 105. The highest BCUT2D eigenvalue weighted by Gasteiger charge is 2.42. The van der Waals surface area contributed by atoms with Crippen molar-refractivity contribution in [1.82, 2.24) is 0 Å². The number of hydrogen-bond acceptors (Lipinski definition) is 2. The van der Waals surface area contributed by atoms with E-state index in [0.717, 1.165) is 18.9 Å². The fraction of sp³-hybridized carbons (Fsp3) is 1.00. The number of hydrogen-bond donors (Lipinski definition) is 1. The molecule has 2 heteroatoms. The molecule has 0 unspecified atom stereocenters. The lowest BCUT2D eigenvalue weighted by Gasteiger charge is -2.35. The van der Waals surface area contributed by atoms with Crippen LogP contribution in [0.25, 0.3) is 0 Å². The highest BCUT2D eigenvalue weighted by Crippen LogP contribution is 2.36. The van der Waals surface area contributed by atoms with Gasteiger partial charge in [0.05, 0.1) is 6.10 Å². The van der Waals surface area contributed by atoms with Crippen LogP contribution in [0.2, 0.25) is 0 Å². The van der Waals surface area contributed by atoms with Gasteiger partial charge < -0.3 is 10.5 Å². The number of fused-ring (bicyclic) bond motifs is 1. The first-order chi connectivity index (χ1) is 3.88. The lowest BCUT2D eigenvalue weighted by atomic mass is 9.77. The minimum Gasteiger partial charge on any atom is -0.378 e. The molecule has 1 saturated heterocycles. The van der Waals surface area contributed by atoms with E-state index in [9.17, 15) is 0 Å². The summed E-state index contributed by atoms with van der Waals surface area (Å²) >= 11 is 0. The van der Waals surface area contributed by atoms with Crippen molar-refractivity contribution in [2.75, 3.05) is 6.61 Å². The van der Waals surface area contributed by atoms with Gasteiger partial charge in [-0.25, -0.2) is 0 Å². The molecule has 0 aromatic rings. The average molecular weight is 113 g/mol. The van der Waals surface area contributed by atoms with Crippen molar-refractivity contribution < 1.29 is 4.74 Å². The van der Waals surface area contributed by atoms with Crippen molar-refractivity contribution in [2.45, 2.75) is 25.0 Å². The van der Waals surface area contributed by atoms with Gasteiger partial charge >= 0.3 is 0 Å². The lowest BCUT2D eigenvalue weighted by Crippen LogP contribution is -2.48. The van der Waals surface area contributed by atoms with Crippen LogP contribution in [0.1, 0.15) is 12.8 Å². The first kappa shape index (κ1) is 4.77. The predicted molar refractivity (Wildman–Crippen MR) is 30.4 cm³/mol. The minimum absolute atomic E-state index is 0.461. The third kappa shape index (κ3) is 0.446. The summed E-state index contributed by atoms with van der Waals surface area (Å²) in [5.41, 5.74) is 5.68. The zero-order chi connectivity index (χ0) is 5.56. The molecule has 46 valence electrons. The molecule has 1 saturated carbocycles. The summed E-state index contributed by atoms with van der Waals surface area (Å²) in [6, 6.07) is 0.461. The van der Waals surface area contributed by atoms with Gasteiger partial charge in [-0.1, -0.05) is 0 Å². The highest BCUT2D eigenvalue weighted by molar-refractivity contribution is 4.96. The van der Waals surface area contributed by atoms with E-state index in [1.54, 1.807) is 0 Å². The summed E-state index contributed by atoms with van der Waals surface area (Å²) < 4.78 is 5.34. The molecule has 2 fully saturated rings. The van der Waals surface area contributed by atoms with Crippen LogP contribution in [0.4, 0.5) is 0 Å². The van der Waals surface area contributed by atoms with Crippen LogP contribution in [-0.4, -0.2) is 18.8 Å². The Kier molecular flexibility index (Phi) is 0.866. The fourth-order valence-corrected chi connectivity index (χ4v) is 1.64. The number of nitrogens with two attached hydrogens (primary N) is 1. The highest BCUT2D eigenvalue weighted by atomic mass is 16.5. The van der Waals surface area contributed by atoms with Crippen LogP contribution < -0.4 is 5.73 Å². The van der Waals surface area contributed by atoms with Gasteiger partial charge in [0.25, 0.3) is 0 Å². The molecule has 2 N–H and O–H groups in total. The summed E-state index contributed by atoms with van der Waals surface area (Å²) in [5, 5.41) is 0. The second-order valence-corrected chi connectivity index (χ2v) is 2.76. The molecule has 2 rings (SSSR count). The maximum atomic E-state index is 5.68. The van der Waals surface area contributed by atoms with Crippen LogP contribution in [-0.2, 0) is 4.74 Å². The predicted octanol–water partition coefficient (Wildman–Crippen LogP) is 0.122. The normalized spacial score (nSPS) is 52.9. The zero-order valence-corrected chi connectivity index (χ0v) is 4.84. The van der Waals surface area contributed by atoms with E-state index in [4.69, 9.17) is 10.5 Å². The molecule has 0 spiro atoms. The Hall–Kier alpha value is -0.0800. The smallest absolute Gasteiger partial charge is 0.0633 e. The second-order valence-electron chi connectivity index (χ2n) is 2.76. The van der Waals surface area contributed by atoms with Gasteiger partial charge in [0.1, 0.15) is 0 Å². The van der Waals surface area contributed by atoms with Crippen molar-refractivity contribution in [1.29, 1.82) is 0 Å². The molecule has 8 heavy (non-hydrogen) atoms. The zero-order valence-electron chi connectivity index (χ0n) is 4.84. The van der Waals surface area contributed by atoms with Crippen molar-refractivity contribution in [2.24, 2.45) is 11.7 Å². The van der Waals surface area contributed by atoms with Crippen molar-refractivity contribution in [3.05, 3.63) is 0 Å². The van der Waals surface area contributed by atoms with Crippen LogP contribution in [0.3, 0.4) is 0 Å². The average Bonchev–Trinajstić information content (AvgIpc) is 2.09. The molecule has 1 aliphatic carbocycles. The van der Waals surface area contributed by atoms with E-state index in [0.29, 0.717) is 12.1 Å². The van der Waals surface area contributed by atoms with Crippen molar-refractivity contribution >= 4 is 0 Å². The van der Waals surface area contributed by atoms with Crippen LogP contribution in [0, 0.1) is 5.92 Å². The van der Waals surface area contributed by atoms with Crippen molar-refractivity contribution in [3.8, 4) is 0 Å². The van der Waals surface area contributed by atoms with E-state index in [1.165, 1.54) is 6.42 Å². The van der Waals surface area contributed by atoms with Gasteiger partial charge in [-0.15, -0.1) is 0 Å². The van der Waals surface area contributed by atoms with Crippen LogP contribution >= 0.6 is 0 Å². The Morgan fingerprint density at radius 2 is 2.38 bits per heavy atom. The first-order valence-electron chi connectivity index (χ1n) is 3.25. The Morgan fingerprint density at radius 1 is 1.50 bits per heavy atom. The number of ether oxygens (including phenoxy) is 1. The number of rotatable bonds is 0. The lowest BCUT2D eigenvalue weighted by molar-refractivity contribution is 0.0191. The molecular formula is C6H11NO. The van der Waals surface area contributed by atoms with E-state index in [1.807, 2.05) is 0 Å². The molecule has 0 amide bonds. The Balaban J connectivity index is 2.02. The van der Waals surface area contributed by atoms with E-state index < -0.39 is 0 Å². The third-order valence-electron chi connectivity index (χ3n) is 2.32. The van der Waals surface area contributed by atoms with Gasteiger partial charge in [0.2, 0.25) is 0 Å². The SMILES string of the molecule is N[C@H]1C[C@H]2OCC[C@@H]12. The minimum atomic E-state index is 0.461. The molecular weight excluding hydrogens is 102 g/mol. The summed E-state index contributed by atoms with van der Waals surface area (Å²) in [6.45, 7) is 0.947. The second kappa shape index (κ2) is 1.45. The topological polar surface area (TPSA) is 35.2 Å². The summed E-state index contributed by atoms with van der Waals surface area (Å²) in [5.74, 6) is 0.718. The van der Waals surface area contributed by atoms with Gasteiger partial charge in [-0.2, -0.15) is 0 Å².